The minimum absolute atomic E-state index is 1.03. The predicted molar refractivity (Wildman–Crippen MR) is 173 cm³/mol. The molecule has 5 rings (SSSR count). The number of nitrogens with zero attached hydrogens (tertiary/aromatic N) is 1. The van der Waals surface area contributed by atoms with Crippen LogP contribution in [0.3, 0.4) is 0 Å². The van der Waals surface area contributed by atoms with Gasteiger partial charge >= 0.3 is 250 Å². The second-order valence-electron chi connectivity index (χ2n) is 11.3. The summed E-state index contributed by atoms with van der Waals surface area (Å²) in [6.45, 7) is 8.44. The van der Waals surface area contributed by atoms with Crippen molar-refractivity contribution in [2.24, 2.45) is 0 Å². The van der Waals surface area contributed by atoms with Crippen LogP contribution >= 0.6 is 0 Å². The summed E-state index contributed by atoms with van der Waals surface area (Å²) in [4.78, 5) is 0. The molecule has 1 aliphatic heterocycles. The number of benzene rings is 4. The molecule has 0 radical (unpaired) electrons. The van der Waals surface area contributed by atoms with Gasteiger partial charge in [-0.1, -0.05) is 0 Å². The second-order valence-corrected chi connectivity index (χ2v) is 19.6. The molecule has 3 N–H and O–H groups in total. The third-order valence-corrected chi connectivity index (χ3v) is 20.7. The Hall–Kier alpha value is -2.57. The van der Waals surface area contributed by atoms with Crippen molar-refractivity contribution in [3.63, 3.8) is 0 Å². The topological polar surface area (TPSA) is 39.3 Å². The zero-order chi connectivity index (χ0) is 28.1. The average molecular weight is 584 g/mol. The Balaban J connectivity index is 1.76. The third-order valence-electron chi connectivity index (χ3n) is 8.95. The molecule has 0 aromatic heterocycles. The molecule has 4 nitrogen and oxygen atoms in total. The first kappa shape index (κ1) is 29.9. The first-order chi connectivity index (χ1) is 20.4. The van der Waals surface area contributed by atoms with Crippen LogP contribution in [0.15, 0.2) is 121 Å². The van der Waals surface area contributed by atoms with E-state index < -0.39 is 15.6 Å². The molecule has 41 heavy (non-hydrogen) atoms. The van der Waals surface area contributed by atoms with Gasteiger partial charge in [-0.2, -0.15) is 0 Å². The Bertz CT molecular complexity index is 1100. The van der Waals surface area contributed by atoms with Crippen molar-refractivity contribution < 1.29 is 15.6 Å². The van der Waals surface area contributed by atoms with E-state index in [4.69, 9.17) is 0 Å². The Kier molecular flexibility index (Phi) is 11.0. The number of nitrogens with one attached hydrogen (secondary N) is 3. The van der Waals surface area contributed by atoms with Gasteiger partial charge < -0.3 is 0 Å². The monoisotopic (exact) mass is 583 g/mol. The quantitative estimate of drug-likeness (QED) is 0.315. The number of hydrogen-bond donors (Lipinski definition) is 3. The Labute approximate surface area is 248 Å². The minimum atomic E-state index is -4.46. The molecule has 4 aromatic rings. The van der Waals surface area contributed by atoms with E-state index in [-0.39, 0.29) is 0 Å². The van der Waals surface area contributed by atoms with Gasteiger partial charge in [-0.05, 0) is 0 Å². The second kappa shape index (κ2) is 15.1. The van der Waals surface area contributed by atoms with E-state index in [1.54, 1.807) is 0 Å². The van der Waals surface area contributed by atoms with Gasteiger partial charge in [0, 0.05) is 0 Å². The van der Waals surface area contributed by atoms with Crippen molar-refractivity contribution in [3.8, 4) is 0 Å². The molecular formula is C36H47N4Ti. The van der Waals surface area contributed by atoms with Gasteiger partial charge in [-0.3, -0.25) is 0 Å². The summed E-state index contributed by atoms with van der Waals surface area (Å²) in [7, 11) is 0. The molecule has 0 atom stereocenters. The molecule has 1 saturated heterocycles. The summed E-state index contributed by atoms with van der Waals surface area (Å²) in [5.41, 5.74) is 0. The van der Waals surface area contributed by atoms with Crippen molar-refractivity contribution in [2.75, 3.05) is 52.4 Å². The van der Waals surface area contributed by atoms with Crippen molar-refractivity contribution in [2.45, 2.75) is 25.7 Å². The summed E-state index contributed by atoms with van der Waals surface area (Å²) in [5, 5.41) is 11.1. The van der Waals surface area contributed by atoms with Gasteiger partial charge in [0.05, 0.1) is 0 Å². The van der Waals surface area contributed by atoms with Gasteiger partial charge in [-0.15, -0.1) is 0 Å². The fourth-order valence-corrected chi connectivity index (χ4v) is 19.7. The first-order valence-corrected chi connectivity index (χ1v) is 19.4. The fraction of sp³-hybridized carbons (Fsp3) is 0.333. The van der Waals surface area contributed by atoms with Crippen molar-refractivity contribution >= 4 is 15.5 Å². The van der Waals surface area contributed by atoms with Crippen LogP contribution in [-0.2, 0) is 15.6 Å². The van der Waals surface area contributed by atoms with Crippen LogP contribution in [0.25, 0.3) is 0 Å². The molecule has 215 valence electrons. The summed E-state index contributed by atoms with van der Waals surface area (Å²) >= 11 is -4.46. The number of hydrogen-bond acceptors (Lipinski definition) is 4. The van der Waals surface area contributed by atoms with Crippen LogP contribution in [0.1, 0.15) is 25.7 Å². The molecule has 0 amide bonds. The van der Waals surface area contributed by atoms with Crippen LogP contribution in [0.5, 0.6) is 0 Å². The molecular weight excluding hydrogens is 536 g/mol. The normalized spacial score (nSPS) is 18.2. The molecule has 0 bridgehead atoms. The van der Waals surface area contributed by atoms with E-state index in [1.807, 2.05) is 0 Å². The van der Waals surface area contributed by atoms with Gasteiger partial charge in [0.1, 0.15) is 0 Å². The SMILES string of the molecule is c1cc[c]([Ti]([c]2ccccc2)([c]2ccccc2)([c]2ccccc2)[N]2CCCNCCCNCCCNCCC2)cc1. The van der Waals surface area contributed by atoms with Crippen LogP contribution in [0, 0.1) is 0 Å². The number of rotatable bonds is 5. The van der Waals surface area contributed by atoms with E-state index in [0.717, 1.165) is 65.2 Å². The third kappa shape index (κ3) is 6.15. The molecule has 1 heterocycles. The molecule has 4 aromatic carbocycles. The zero-order valence-electron chi connectivity index (χ0n) is 24.5. The Morgan fingerprint density at radius 1 is 0.366 bits per heavy atom. The fourth-order valence-electron chi connectivity index (χ4n) is 7.18. The first-order valence-electron chi connectivity index (χ1n) is 15.6. The van der Waals surface area contributed by atoms with Crippen LogP contribution in [0.2, 0.25) is 0 Å². The zero-order valence-corrected chi connectivity index (χ0v) is 26.0. The predicted octanol–water partition coefficient (Wildman–Crippen LogP) is 3.54. The van der Waals surface area contributed by atoms with Gasteiger partial charge in [0.15, 0.2) is 0 Å². The Morgan fingerprint density at radius 2 is 0.634 bits per heavy atom. The molecule has 0 aliphatic carbocycles. The van der Waals surface area contributed by atoms with Crippen LogP contribution < -0.4 is 31.4 Å². The Morgan fingerprint density at radius 3 is 0.927 bits per heavy atom. The molecule has 0 spiro atoms. The summed E-state index contributed by atoms with van der Waals surface area (Å²) in [6.07, 6.45) is 4.56. The van der Waals surface area contributed by atoms with Crippen LogP contribution in [-0.4, -0.2) is 55.7 Å². The summed E-state index contributed by atoms with van der Waals surface area (Å²) in [6, 6.07) is 46.1. The average Bonchev–Trinajstić information content (AvgIpc) is 3.04. The van der Waals surface area contributed by atoms with E-state index in [1.165, 1.54) is 28.3 Å². The van der Waals surface area contributed by atoms with E-state index >= 15 is 0 Å². The van der Waals surface area contributed by atoms with Gasteiger partial charge in [0.2, 0.25) is 0 Å². The molecule has 0 unspecified atom stereocenters. The molecule has 1 aliphatic rings. The molecule has 5 heteroatoms. The van der Waals surface area contributed by atoms with Gasteiger partial charge in [0.25, 0.3) is 0 Å². The van der Waals surface area contributed by atoms with E-state index in [9.17, 15) is 0 Å². The maximum atomic E-state index is 3.75. The maximum absolute atomic E-state index is 4.46. The van der Waals surface area contributed by atoms with Crippen molar-refractivity contribution in [1.29, 1.82) is 0 Å². The molecule has 0 saturated carbocycles. The van der Waals surface area contributed by atoms with Crippen molar-refractivity contribution in [3.05, 3.63) is 121 Å². The van der Waals surface area contributed by atoms with Crippen molar-refractivity contribution in [1.82, 2.24) is 19.3 Å². The summed E-state index contributed by atoms with van der Waals surface area (Å²) < 4.78 is 8.86. The van der Waals surface area contributed by atoms with E-state index in [0.29, 0.717) is 0 Å². The van der Waals surface area contributed by atoms with Gasteiger partial charge in [-0.25, -0.2) is 0 Å². The van der Waals surface area contributed by atoms with Crippen LogP contribution in [0.4, 0.5) is 0 Å². The standard InChI is InChI=1S/C12H27N4.4C6H5.Ti/c1-5-13-7-2-9-15-11-4-12-16-10-3-8-14-6-1;4*1-2-4-6-5-3-1;/h13-15H,1-12H2;4*1-5H;/q-1;;;;;+1. The summed E-state index contributed by atoms with van der Waals surface area (Å²) in [5.74, 6) is 0. The molecule has 1 fully saturated rings. The van der Waals surface area contributed by atoms with E-state index in [2.05, 4.69) is 141 Å².